The van der Waals surface area contributed by atoms with Crippen molar-refractivity contribution in [1.82, 2.24) is 5.32 Å². The Morgan fingerprint density at radius 1 is 1.29 bits per heavy atom. The molecule has 0 aliphatic rings. The molecule has 2 rings (SSSR count). The molecule has 0 spiro atoms. The highest BCUT2D eigenvalue weighted by atomic mass is 32.1. The Morgan fingerprint density at radius 2 is 2.18 bits per heavy atom. The molecule has 1 aromatic carbocycles. The molecular weight excluding hydrogens is 234 g/mol. The highest BCUT2D eigenvalue weighted by Gasteiger charge is 2.02. The Hall–Kier alpha value is -1.52. The second-order valence-electron chi connectivity index (χ2n) is 3.69. The summed E-state index contributed by atoms with van der Waals surface area (Å²) in [4.78, 5) is 1.32. The zero-order chi connectivity index (χ0) is 12.1. The van der Waals surface area contributed by atoms with Gasteiger partial charge in [0, 0.05) is 18.0 Å². The molecule has 1 heterocycles. The van der Waals surface area contributed by atoms with E-state index in [-0.39, 0.29) is 5.75 Å². The highest BCUT2D eigenvalue weighted by Crippen LogP contribution is 2.26. The van der Waals surface area contributed by atoms with Gasteiger partial charge in [0.05, 0.1) is 7.11 Å². The molecule has 1 aromatic heterocycles. The van der Waals surface area contributed by atoms with Gasteiger partial charge in [0.25, 0.3) is 0 Å². The number of hydrogen-bond donors (Lipinski definition) is 2. The van der Waals surface area contributed by atoms with Gasteiger partial charge in [-0.2, -0.15) is 0 Å². The van der Waals surface area contributed by atoms with Gasteiger partial charge in [-0.1, -0.05) is 12.1 Å². The quantitative estimate of drug-likeness (QED) is 0.856. The van der Waals surface area contributed by atoms with Gasteiger partial charge in [-0.25, -0.2) is 0 Å². The SMILES string of the molecule is COc1cc(CNCc2cccs2)ccc1O. The van der Waals surface area contributed by atoms with Crippen molar-refractivity contribution < 1.29 is 9.84 Å². The van der Waals surface area contributed by atoms with Gasteiger partial charge in [0.1, 0.15) is 0 Å². The van der Waals surface area contributed by atoms with Crippen LogP contribution >= 0.6 is 11.3 Å². The standard InChI is InChI=1S/C13H15NO2S/c1-16-13-7-10(4-5-12(13)15)8-14-9-11-3-2-6-17-11/h2-7,14-15H,8-9H2,1H3. The Kier molecular flexibility index (Phi) is 4.01. The van der Waals surface area contributed by atoms with E-state index in [4.69, 9.17) is 4.74 Å². The molecule has 17 heavy (non-hydrogen) atoms. The molecule has 0 radical (unpaired) electrons. The summed E-state index contributed by atoms with van der Waals surface area (Å²) in [6, 6.07) is 9.54. The van der Waals surface area contributed by atoms with Gasteiger partial charge >= 0.3 is 0 Å². The maximum Gasteiger partial charge on any atom is 0.160 e. The lowest BCUT2D eigenvalue weighted by Crippen LogP contribution is -2.11. The fourth-order valence-electron chi connectivity index (χ4n) is 1.58. The van der Waals surface area contributed by atoms with Crippen molar-refractivity contribution in [3.8, 4) is 11.5 Å². The maximum atomic E-state index is 9.47. The predicted octanol–water partition coefficient (Wildman–Crippen LogP) is 2.75. The molecule has 0 saturated heterocycles. The average Bonchev–Trinajstić information content (AvgIpc) is 2.84. The van der Waals surface area contributed by atoms with Crippen molar-refractivity contribution in [2.24, 2.45) is 0 Å². The van der Waals surface area contributed by atoms with Crippen LogP contribution in [0.3, 0.4) is 0 Å². The van der Waals surface area contributed by atoms with E-state index in [1.165, 1.54) is 4.88 Å². The van der Waals surface area contributed by atoms with Crippen molar-refractivity contribution in [3.05, 3.63) is 46.2 Å². The number of nitrogens with one attached hydrogen (secondary N) is 1. The van der Waals surface area contributed by atoms with Crippen molar-refractivity contribution >= 4 is 11.3 Å². The van der Waals surface area contributed by atoms with Crippen molar-refractivity contribution in [2.45, 2.75) is 13.1 Å². The summed E-state index contributed by atoms with van der Waals surface area (Å²) in [6.07, 6.45) is 0. The minimum Gasteiger partial charge on any atom is -0.504 e. The summed E-state index contributed by atoms with van der Waals surface area (Å²) < 4.78 is 5.06. The third kappa shape index (κ3) is 3.22. The van der Waals surface area contributed by atoms with E-state index in [0.717, 1.165) is 18.7 Å². The van der Waals surface area contributed by atoms with Crippen LogP contribution in [0.1, 0.15) is 10.4 Å². The summed E-state index contributed by atoms with van der Waals surface area (Å²) >= 11 is 1.74. The van der Waals surface area contributed by atoms with E-state index in [9.17, 15) is 5.11 Å². The van der Waals surface area contributed by atoms with Crippen LogP contribution in [-0.2, 0) is 13.1 Å². The first-order valence-electron chi connectivity index (χ1n) is 5.38. The molecule has 0 atom stereocenters. The van der Waals surface area contributed by atoms with Gasteiger partial charge in [-0.3, -0.25) is 0 Å². The van der Waals surface area contributed by atoms with E-state index < -0.39 is 0 Å². The Labute approximate surface area is 105 Å². The zero-order valence-electron chi connectivity index (χ0n) is 9.64. The number of phenols is 1. The summed E-state index contributed by atoms with van der Waals surface area (Å²) in [5.74, 6) is 0.690. The summed E-state index contributed by atoms with van der Waals surface area (Å²) in [7, 11) is 1.55. The molecule has 0 unspecified atom stereocenters. The van der Waals surface area contributed by atoms with Crippen LogP contribution < -0.4 is 10.1 Å². The van der Waals surface area contributed by atoms with Gasteiger partial charge in [-0.15, -0.1) is 11.3 Å². The number of phenolic OH excluding ortho intramolecular Hbond substituents is 1. The first-order chi connectivity index (χ1) is 8.29. The minimum absolute atomic E-state index is 0.175. The lowest BCUT2D eigenvalue weighted by atomic mass is 10.2. The fraction of sp³-hybridized carbons (Fsp3) is 0.231. The molecule has 2 N–H and O–H groups in total. The Balaban J connectivity index is 1.90. The fourth-order valence-corrected chi connectivity index (χ4v) is 2.25. The van der Waals surface area contributed by atoms with E-state index in [2.05, 4.69) is 16.8 Å². The second-order valence-corrected chi connectivity index (χ2v) is 4.72. The van der Waals surface area contributed by atoms with Crippen LogP contribution in [0, 0.1) is 0 Å². The molecule has 2 aromatic rings. The number of methoxy groups -OCH3 is 1. The molecule has 0 bridgehead atoms. The van der Waals surface area contributed by atoms with Crippen LogP contribution in [0.4, 0.5) is 0 Å². The van der Waals surface area contributed by atoms with Crippen LogP contribution in [0.5, 0.6) is 11.5 Å². The summed E-state index contributed by atoms with van der Waals surface area (Å²) in [5, 5.41) is 14.9. The molecule has 0 amide bonds. The van der Waals surface area contributed by atoms with Crippen LogP contribution in [-0.4, -0.2) is 12.2 Å². The van der Waals surface area contributed by atoms with Crippen LogP contribution in [0.25, 0.3) is 0 Å². The second kappa shape index (κ2) is 5.70. The number of rotatable bonds is 5. The molecule has 0 aliphatic heterocycles. The third-order valence-electron chi connectivity index (χ3n) is 2.45. The molecule has 3 nitrogen and oxygen atoms in total. The number of benzene rings is 1. The normalized spacial score (nSPS) is 10.4. The Bertz CT molecular complexity index is 468. The number of thiophene rings is 1. The largest absolute Gasteiger partial charge is 0.504 e. The Morgan fingerprint density at radius 3 is 2.88 bits per heavy atom. The first-order valence-corrected chi connectivity index (χ1v) is 6.26. The summed E-state index contributed by atoms with van der Waals surface area (Å²) in [5.41, 5.74) is 1.09. The summed E-state index contributed by atoms with van der Waals surface area (Å²) in [6.45, 7) is 1.62. The van der Waals surface area contributed by atoms with E-state index in [1.807, 2.05) is 18.2 Å². The van der Waals surface area contributed by atoms with E-state index >= 15 is 0 Å². The van der Waals surface area contributed by atoms with E-state index in [0.29, 0.717) is 5.75 Å². The smallest absolute Gasteiger partial charge is 0.160 e. The predicted molar refractivity (Wildman–Crippen MR) is 69.5 cm³/mol. The molecule has 0 aliphatic carbocycles. The van der Waals surface area contributed by atoms with Crippen LogP contribution in [0.15, 0.2) is 35.7 Å². The molecule has 0 saturated carbocycles. The topological polar surface area (TPSA) is 41.5 Å². The zero-order valence-corrected chi connectivity index (χ0v) is 10.5. The van der Waals surface area contributed by atoms with E-state index in [1.54, 1.807) is 24.5 Å². The van der Waals surface area contributed by atoms with Crippen LogP contribution in [0.2, 0.25) is 0 Å². The van der Waals surface area contributed by atoms with Crippen molar-refractivity contribution in [1.29, 1.82) is 0 Å². The first kappa shape index (κ1) is 12.0. The lowest BCUT2D eigenvalue weighted by Gasteiger charge is -2.07. The van der Waals surface area contributed by atoms with Crippen molar-refractivity contribution in [3.63, 3.8) is 0 Å². The van der Waals surface area contributed by atoms with Gasteiger partial charge in [0.15, 0.2) is 11.5 Å². The average molecular weight is 249 g/mol. The number of aromatic hydroxyl groups is 1. The lowest BCUT2D eigenvalue weighted by molar-refractivity contribution is 0.373. The molecular formula is C13H15NO2S. The number of ether oxygens (including phenoxy) is 1. The monoisotopic (exact) mass is 249 g/mol. The number of hydrogen-bond acceptors (Lipinski definition) is 4. The molecule has 90 valence electrons. The van der Waals surface area contributed by atoms with Gasteiger partial charge in [0.2, 0.25) is 0 Å². The highest BCUT2D eigenvalue weighted by molar-refractivity contribution is 7.09. The molecule has 4 heteroatoms. The maximum absolute atomic E-state index is 9.47. The van der Waals surface area contributed by atoms with Gasteiger partial charge in [-0.05, 0) is 29.1 Å². The third-order valence-corrected chi connectivity index (χ3v) is 3.33. The van der Waals surface area contributed by atoms with Gasteiger partial charge < -0.3 is 15.2 Å². The molecule has 0 fully saturated rings. The minimum atomic E-state index is 0.175. The van der Waals surface area contributed by atoms with Crippen molar-refractivity contribution in [2.75, 3.05) is 7.11 Å².